The molecule has 0 fully saturated rings. The van der Waals surface area contributed by atoms with Crippen LogP contribution in [-0.4, -0.2) is 102 Å². The van der Waals surface area contributed by atoms with Crippen molar-refractivity contribution in [1.82, 2.24) is 15.0 Å². The smallest absolute Gasteiger partial charge is 0.235 e. The molecule has 1 aromatic carbocycles. The van der Waals surface area contributed by atoms with E-state index in [0.29, 0.717) is 25.0 Å². The Kier molecular flexibility index (Phi) is 21.0. The summed E-state index contributed by atoms with van der Waals surface area (Å²) in [4.78, 5) is 18.6. The van der Waals surface area contributed by atoms with Crippen LogP contribution < -0.4 is 19.4 Å². The highest BCUT2D eigenvalue weighted by atomic mass is 16.5. The topological polar surface area (TPSA) is 124 Å². The molecule has 13 nitrogen and oxygen atoms in total. The molecule has 2 unspecified atom stereocenters. The number of nitrogens with zero attached hydrogens (tertiary/aromatic N) is 6. The van der Waals surface area contributed by atoms with Gasteiger partial charge in [-0.05, 0) is 76.5 Å². The molecule has 2 aromatic rings. The van der Waals surface area contributed by atoms with Gasteiger partial charge in [0.15, 0.2) is 0 Å². The number of hydrogen-bond acceptors (Lipinski definition) is 13. The van der Waals surface area contributed by atoms with E-state index in [2.05, 4.69) is 140 Å². The van der Waals surface area contributed by atoms with E-state index in [-0.39, 0.29) is 79.9 Å². The largest absolute Gasteiger partial charge is 0.491 e. The molecule has 13 heteroatoms. The van der Waals surface area contributed by atoms with Crippen LogP contribution in [0, 0.1) is 27.6 Å². The van der Waals surface area contributed by atoms with Gasteiger partial charge in [-0.2, -0.15) is 15.0 Å². The van der Waals surface area contributed by atoms with Crippen molar-refractivity contribution in [3.63, 3.8) is 0 Å². The van der Waals surface area contributed by atoms with Crippen LogP contribution >= 0.6 is 0 Å². The third-order valence-electron chi connectivity index (χ3n) is 11.1. The maximum Gasteiger partial charge on any atom is 0.235 e. The summed E-state index contributed by atoms with van der Waals surface area (Å²) in [6.07, 6.45) is 10.6. The van der Waals surface area contributed by atoms with E-state index in [1.54, 1.807) is 31.1 Å². The zero-order valence-corrected chi connectivity index (χ0v) is 39.1. The summed E-state index contributed by atoms with van der Waals surface area (Å²) in [5.74, 6) is 2.22. The number of ether oxygens (including phenoxy) is 6. The molecule has 0 amide bonds. The van der Waals surface area contributed by atoms with E-state index in [0.717, 1.165) is 18.6 Å². The van der Waals surface area contributed by atoms with Crippen LogP contribution in [-0.2, 0) is 23.7 Å². The molecule has 334 valence electrons. The lowest BCUT2D eigenvalue weighted by atomic mass is 9.53. The number of allylic oxidation sites excluding steroid dienone is 5. The van der Waals surface area contributed by atoms with E-state index in [4.69, 9.17) is 28.4 Å². The van der Waals surface area contributed by atoms with E-state index in [1.165, 1.54) is 23.1 Å². The Morgan fingerprint density at radius 2 is 1.20 bits per heavy atom. The van der Waals surface area contributed by atoms with Crippen LogP contribution in [0.1, 0.15) is 100 Å². The molecule has 0 bridgehead atoms. The molecule has 0 radical (unpaired) electrons. The summed E-state index contributed by atoms with van der Waals surface area (Å²) in [6, 6.07) is 8.57. The Balaban J connectivity index is 2.24. The van der Waals surface area contributed by atoms with Crippen LogP contribution in [0.5, 0.6) is 5.75 Å². The monoisotopic (exact) mass is 827 g/mol. The van der Waals surface area contributed by atoms with Gasteiger partial charge in [0.05, 0.1) is 6.61 Å². The van der Waals surface area contributed by atoms with Crippen molar-refractivity contribution in [1.29, 1.82) is 0 Å². The molecule has 0 aliphatic rings. The second-order valence-electron chi connectivity index (χ2n) is 18.6. The van der Waals surface area contributed by atoms with Gasteiger partial charge in [-0.15, -0.1) is 0 Å². The van der Waals surface area contributed by atoms with Crippen molar-refractivity contribution in [3.05, 3.63) is 66.3 Å². The van der Waals surface area contributed by atoms with E-state index >= 15 is 0 Å². The van der Waals surface area contributed by atoms with Gasteiger partial charge in [0, 0.05) is 28.4 Å². The lowest BCUT2D eigenvalue weighted by molar-refractivity contribution is 0.0144. The van der Waals surface area contributed by atoms with Gasteiger partial charge in [0.1, 0.15) is 52.7 Å². The number of hydrogen-bond donors (Lipinski definition) is 1. The van der Waals surface area contributed by atoms with Gasteiger partial charge in [-0.25, -0.2) is 0 Å². The van der Waals surface area contributed by atoms with Crippen molar-refractivity contribution in [2.75, 3.05) is 96.7 Å². The first-order valence-corrected chi connectivity index (χ1v) is 20.6. The molecule has 0 aliphatic heterocycles. The van der Waals surface area contributed by atoms with Crippen LogP contribution in [0.15, 0.2) is 60.7 Å². The average Bonchev–Trinajstić information content (AvgIpc) is 3.17. The molecule has 0 saturated carbocycles. The Hall–Kier alpha value is -3.59. The standard InChI is InChI=1S/C46H78N6O7/c1-17-19-20-35(18-2)39(27-43(3,4)5)46(11,12)45(9,10)28-38(44(6,7)8)36-21-23-37(24-22-36)59-26-25-58-34-52(33-57-16)42-48-40(50(29-53)30-54-13)47-41(49-42)51(31-55-14)32-56-15/h17-24,38-39,53H,1,25-34H2,2-16H3/b20-19-,35-18+. The lowest BCUT2D eigenvalue weighted by Crippen LogP contribution is -2.43. The first-order valence-electron chi connectivity index (χ1n) is 20.6. The molecular weight excluding hydrogens is 749 g/mol. The number of rotatable bonds is 27. The lowest BCUT2D eigenvalue weighted by Gasteiger charge is -2.52. The minimum absolute atomic E-state index is 0.000153. The van der Waals surface area contributed by atoms with Gasteiger partial charge in [0.2, 0.25) is 17.8 Å². The van der Waals surface area contributed by atoms with E-state index in [9.17, 15) is 5.11 Å². The predicted octanol–water partition coefficient (Wildman–Crippen LogP) is 9.02. The molecular formula is C46H78N6O7. The van der Waals surface area contributed by atoms with Crippen molar-refractivity contribution in [3.8, 4) is 5.75 Å². The van der Waals surface area contributed by atoms with Crippen LogP contribution in [0.4, 0.5) is 17.8 Å². The van der Waals surface area contributed by atoms with Crippen molar-refractivity contribution in [2.45, 2.75) is 94.9 Å². The normalized spacial score (nSPS) is 14.1. The Morgan fingerprint density at radius 3 is 1.64 bits per heavy atom. The second-order valence-corrected chi connectivity index (χ2v) is 18.6. The number of aliphatic hydroxyl groups excluding tert-OH is 1. The molecule has 2 atom stereocenters. The molecule has 0 aliphatic carbocycles. The number of methoxy groups -OCH3 is 4. The summed E-state index contributed by atoms with van der Waals surface area (Å²) in [5, 5.41) is 10.0. The molecule has 1 heterocycles. The summed E-state index contributed by atoms with van der Waals surface area (Å²) in [5.41, 5.74) is 2.88. The van der Waals surface area contributed by atoms with Gasteiger partial charge in [-0.3, -0.25) is 14.7 Å². The highest BCUT2D eigenvalue weighted by Crippen LogP contribution is 2.56. The fraction of sp³-hybridized carbons (Fsp3) is 0.674. The van der Waals surface area contributed by atoms with E-state index in [1.807, 2.05) is 6.08 Å². The van der Waals surface area contributed by atoms with Gasteiger partial charge < -0.3 is 33.5 Å². The van der Waals surface area contributed by atoms with Crippen molar-refractivity contribution in [2.24, 2.45) is 27.6 Å². The van der Waals surface area contributed by atoms with Crippen molar-refractivity contribution >= 4 is 17.8 Å². The summed E-state index contributed by atoms with van der Waals surface area (Å²) < 4.78 is 33.6. The quantitative estimate of drug-likeness (QED) is 0.0524. The average molecular weight is 827 g/mol. The molecule has 59 heavy (non-hydrogen) atoms. The van der Waals surface area contributed by atoms with Gasteiger partial charge >= 0.3 is 0 Å². The Labute approximate surface area is 356 Å². The maximum absolute atomic E-state index is 10.0. The zero-order valence-electron chi connectivity index (χ0n) is 39.1. The van der Waals surface area contributed by atoms with Gasteiger partial charge in [0.25, 0.3) is 0 Å². The van der Waals surface area contributed by atoms with Crippen LogP contribution in [0.2, 0.25) is 0 Å². The highest BCUT2D eigenvalue weighted by Gasteiger charge is 2.47. The molecule has 2 rings (SSSR count). The first-order chi connectivity index (χ1) is 27.7. The van der Waals surface area contributed by atoms with Crippen LogP contribution in [0.25, 0.3) is 0 Å². The molecule has 0 saturated heterocycles. The summed E-state index contributed by atoms with van der Waals surface area (Å²) >= 11 is 0. The molecule has 1 N–H and O–H groups in total. The summed E-state index contributed by atoms with van der Waals surface area (Å²) in [6.45, 7) is 30.9. The van der Waals surface area contributed by atoms with E-state index < -0.39 is 0 Å². The zero-order chi connectivity index (χ0) is 44.4. The maximum atomic E-state index is 10.0. The minimum Gasteiger partial charge on any atom is -0.491 e. The second kappa shape index (κ2) is 24.0. The van der Waals surface area contributed by atoms with Gasteiger partial charge in [-0.1, -0.05) is 112 Å². The fourth-order valence-corrected chi connectivity index (χ4v) is 7.21. The third-order valence-corrected chi connectivity index (χ3v) is 11.1. The number of benzene rings is 1. The molecule has 1 aromatic heterocycles. The molecule has 0 spiro atoms. The van der Waals surface area contributed by atoms with Crippen molar-refractivity contribution < 1.29 is 33.5 Å². The predicted molar refractivity (Wildman–Crippen MR) is 240 cm³/mol. The van der Waals surface area contributed by atoms with Crippen LogP contribution in [0.3, 0.4) is 0 Å². The number of aliphatic hydroxyl groups is 1. The SMILES string of the molecule is C=C/C=C\C(=C/C)C(CC(C)(C)C)C(C)(C)C(C)(C)CC(c1ccc(OCCOCN(COC)c2nc(N(CO)COC)nc(N(COC)COC)n2)cc1)C(C)(C)C. The Morgan fingerprint density at radius 1 is 0.712 bits per heavy atom. The number of aromatic nitrogens is 3. The third kappa shape index (κ3) is 15.8. The number of anilines is 3. The highest BCUT2D eigenvalue weighted by molar-refractivity contribution is 5.46. The summed E-state index contributed by atoms with van der Waals surface area (Å²) in [7, 11) is 6.24. The first kappa shape index (κ1) is 51.6. The Bertz CT molecular complexity index is 1580. The minimum atomic E-state index is -0.373. The fourth-order valence-electron chi connectivity index (χ4n) is 7.21.